The second-order valence-electron chi connectivity index (χ2n) is 6.46. The Morgan fingerprint density at radius 2 is 1.86 bits per heavy atom. The van der Waals surface area contributed by atoms with Crippen LogP contribution in [0.25, 0.3) is 0 Å². The lowest BCUT2D eigenvalue weighted by Gasteiger charge is -2.27. The second kappa shape index (κ2) is 8.89. The highest BCUT2D eigenvalue weighted by atomic mass is 32.1. The molecule has 2 rings (SSSR count). The van der Waals surface area contributed by atoms with Gasteiger partial charge in [0.2, 0.25) is 0 Å². The van der Waals surface area contributed by atoms with Gasteiger partial charge in [-0.3, -0.25) is 0 Å². The summed E-state index contributed by atoms with van der Waals surface area (Å²) in [5.41, 5.74) is 1.34. The van der Waals surface area contributed by atoms with Gasteiger partial charge in [0, 0.05) is 17.3 Å². The van der Waals surface area contributed by atoms with Crippen LogP contribution in [0.4, 0.5) is 0 Å². The van der Waals surface area contributed by atoms with Crippen molar-refractivity contribution < 1.29 is 0 Å². The minimum atomic E-state index is 0.744. The summed E-state index contributed by atoms with van der Waals surface area (Å²) in [6.07, 6.45) is 10.6. The van der Waals surface area contributed by atoms with E-state index >= 15 is 0 Å². The first-order chi connectivity index (χ1) is 10.3. The van der Waals surface area contributed by atoms with E-state index in [0.29, 0.717) is 0 Å². The summed E-state index contributed by atoms with van der Waals surface area (Å²) in [7, 11) is 0. The van der Waals surface area contributed by atoms with Crippen LogP contribution in [0.3, 0.4) is 0 Å². The number of aryl methyl sites for hydroxylation is 1. The van der Waals surface area contributed by atoms with E-state index in [1.54, 1.807) is 0 Å². The first kappa shape index (κ1) is 17.0. The number of thiazole rings is 1. The van der Waals surface area contributed by atoms with Crippen molar-refractivity contribution >= 4 is 11.3 Å². The molecule has 1 aliphatic rings. The maximum atomic E-state index is 4.98. The molecular weight excluding hydrogens is 276 g/mol. The van der Waals surface area contributed by atoms with E-state index in [-0.39, 0.29) is 0 Å². The zero-order valence-electron chi connectivity index (χ0n) is 14.1. The summed E-state index contributed by atoms with van der Waals surface area (Å²) in [4.78, 5) is 6.46. The van der Waals surface area contributed by atoms with Gasteiger partial charge >= 0.3 is 0 Å². The maximum Gasteiger partial charge on any atom is 0.0962 e. The Balaban J connectivity index is 1.94. The fourth-order valence-electron chi connectivity index (χ4n) is 3.48. The molecule has 0 unspecified atom stereocenters. The molecule has 21 heavy (non-hydrogen) atoms. The van der Waals surface area contributed by atoms with Gasteiger partial charge < -0.3 is 5.32 Å². The Morgan fingerprint density at radius 1 is 1.10 bits per heavy atom. The van der Waals surface area contributed by atoms with Gasteiger partial charge in [-0.25, -0.2) is 4.98 Å². The molecule has 2 nitrogen and oxygen atoms in total. The molecule has 1 saturated carbocycles. The molecule has 3 heteroatoms. The molecule has 0 spiro atoms. The molecule has 0 saturated heterocycles. The van der Waals surface area contributed by atoms with Crippen molar-refractivity contribution in [3.63, 3.8) is 0 Å². The number of nitrogens with zero attached hydrogens (tertiary/aromatic N) is 1. The molecule has 120 valence electrons. The van der Waals surface area contributed by atoms with Crippen LogP contribution in [-0.4, -0.2) is 11.5 Å². The summed E-state index contributed by atoms with van der Waals surface area (Å²) in [5, 5.41) is 4.96. The first-order valence-corrected chi connectivity index (χ1v) is 9.79. The van der Waals surface area contributed by atoms with Crippen molar-refractivity contribution in [2.75, 3.05) is 6.54 Å². The minimum absolute atomic E-state index is 0.744. The lowest BCUT2D eigenvalue weighted by atomic mass is 9.80. The predicted octanol–water partition coefficient (Wildman–Crippen LogP) is 5.28. The third-order valence-corrected chi connectivity index (χ3v) is 6.00. The average Bonchev–Trinajstić information content (AvgIpc) is 2.92. The normalized spacial score (nSPS) is 22.6. The van der Waals surface area contributed by atoms with Gasteiger partial charge in [-0.15, -0.1) is 11.3 Å². The molecule has 1 heterocycles. The zero-order valence-corrected chi connectivity index (χ0v) is 14.9. The molecule has 0 radical (unpaired) electrons. The van der Waals surface area contributed by atoms with E-state index in [9.17, 15) is 0 Å². The Bertz CT molecular complexity index is 405. The van der Waals surface area contributed by atoms with E-state index in [0.717, 1.165) is 31.3 Å². The quantitative estimate of drug-likeness (QED) is 0.661. The predicted molar refractivity (Wildman–Crippen MR) is 93.1 cm³/mol. The van der Waals surface area contributed by atoms with E-state index in [4.69, 9.17) is 4.98 Å². The number of rotatable bonds is 8. The highest BCUT2D eigenvalue weighted by molar-refractivity contribution is 7.11. The molecule has 0 aromatic carbocycles. The summed E-state index contributed by atoms with van der Waals surface area (Å²) in [6, 6.07) is 0. The lowest BCUT2D eigenvalue weighted by Crippen LogP contribution is -2.13. The molecule has 1 aliphatic carbocycles. The highest BCUT2D eigenvalue weighted by Crippen LogP contribution is 2.39. The number of nitrogens with one attached hydrogen (secondary N) is 1. The molecule has 1 aromatic heterocycles. The van der Waals surface area contributed by atoms with Crippen LogP contribution in [0.15, 0.2) is 0 Å². The van der Waals surface area contributed by atoms with E-state index in [1.165, 1.54) is 60.5 Å². The Labute approximate surface area is 134 Å². The van der Waals surface area contributed by atoms with Crippen molar-refractivity contribution in [2.24, 2.45) is 5.92 Å². The highest BCUT2D eigenvalue weighted by Gasteiger charge is 2.25. The van der Waals surface area contributed by atoms with Crippen LogP contribution in [0.5, 0.6) is 0 Å². The van der Waals surface area contributed by atoms with Gasteiger partial charge in [0.15, 0.2) is 0 Å². The van der Waals surface area contributed by atoms with Crippen LogP contribution >= 0.6 is 11.3 Å². The Morgan fingerprint density at radius 3 is 2.48 bits per heavy atom. The van der Waals surface area contributed by atoms with Crippen LogP contribution in [0.2, 0.25) is 0 Å². The standard InChI is InChI=1S/C18H32N2S/c1-4-7-14-8-10-15(11-9-14)18-20-16(6-3)17(21-18)13-19-12-5-2/h14-15,19H,4-13H2,1-3H3. The molecule has 1 fully saturated rings. The van der Waals surface area contributed by atoms with Crippen LogP contribution in [-0.2, 0) is 13.0 Å². The van der Waals surface area contributed by atoms with Crippen LogP contribution in [0, 0.1) is 5.92 Å². The van der Waals surface area contributed by atoms with Crippen molar-refractivity contribution in [1.29, 1.82) is 0 Å². The third-order valence-electron chi connectivity index (χ3n) is 4.73. The van der Waals surface area contributed by atoms with Crippen molar-refractivity contribution in [3.05, 3.63) is 15.6 Å². The van der Waals surface area contributed by atoms with E-state index in [1.807, 2.05) is 11.3 Å². The second-order valence-corrected chi connectivity index (χ2v) is 7.57. The molecule has 0 bridgehead atoms. The number of hydrogen-bond acceptors (Lipinski definition) is 3. The monoisotopic (exact) mass is 308 g/mol. The smallest absolute Gasteiger partial charge is 0.0962 e. The van der Waals surface area contributed by atoms with Gasteiger partial charge in [0.25, 0.3) is 0 Å². The Hall–Kier alpha value is -0.410. The minimum Gasteiger partial charge on any atom is -0.312 e. The van der Waals surface area contributed by atoms with Crippen molar-refractivity contribution in [1.82, 2.24) is 10.3 Å². The van der Waals surface area contributed by atoms with Gasteiger partial charge in [-0.2, -0.15) is 0 Å². The summed E-state index contributed by atoms with van der Waals surface area (Å²) in [5.74, 6) is 1.73. The van der Waals surface area contributed by atoms with E-state index < -0.39 is 0 Å². The summed E-state index contributed by atoms with van der Waals surface area (Å²) in [6.45, 7) is 8.90. The number of hydrogen-bond donors (Lipinski definition) is 1. The van der Waals surface area contributed by atoms with Crippen molar-refractivity contribution in [2.45, 2.75) is 84.6 Å². The van der Waals surface area contributed by atoms with Crippen LogP contribution in [0.1, 0.15) is 87.2 Å². The fourth-order valence-corrected chi connectivity index (χ4v) is 4.77. The van der Waals surface area contributed by atoms with Gasteiger partial charge in [-0.05, 0) is 51.0 Å². The summed E-state index contributed by atoms with van der Waals surface area (Å²) < 4.78 is 0. The first-order valence-electron chi connectivity index (χ1n) is 8.97. The SMILES string of the molecule is CCCNCc1sc(C2CCC(CCC)CC2)nc1CC. The fraction of sp³-hybridized carbons (Fsp3) is 0.833. The van der Waals surface area contributed by atoms with Gasteiger partial charge in [-0.1, -0.05) is 33.6 Å². The third kappa shape index (κ3) is 4.79. The molecule has 0 amide bonds. The molecular formula is C18H32N2S. The molecule has 0 atom stereocenters. The largest absolute Gasteiger partial charge is 0.312 e. The Kier molecular flexibility index (Phi) is 7.18. The molecule has 1 aromatic rings. The maximum absolute atomic E-state index is 4.98. The zero-order chi connectivity index (χ0) is 15.1. The van der Waals surface area contributed by atoms with Gasteiger partial charge in [0.1, 0.15) is 0 Å². The average molecular weight is 309 g/mol. The summed E-state index contributed by atoms with van der Waals surface area (Å²) >= 11 is 1.98. The van der Waals surface area contributed by atoms with Crippen LogP contribution < -0.4 is 5.32 Å². The topological polar surface area (TPSA) is 24.9 Å². The molecule has 0 aliphatic heterocycles. The van der Waals surface area contributed by atoms with E-state index in [2.05, 4.69) is 26.1 Å². The van der Waals surface area contributed by atoms with Crippen molar-refractivity contribution in [3.8, 4) is 0 Å². The number of aromatic nitrogens is 1. The lowest BCUT2D eigenvalue weighted by molar-refractivity contribution is 0.308. The van der Waals surface area contributed by atoms with Gasteiger partial charge in [0.05, 0.1) is 10.7 Å². The molecule has 1 N–H and O–H groups in total.